The summed E-state index contributed by atoms with van der Waals surface area (Å²) in [5, 5.41) is 3.67. The van der Waals surface area contributed by atoms with Crippen LogP contribution in [0.5, 0.6) is 5.75 Å². The average molecular weight is 371 g/mol. The molecule has 2 aromatic carbocycles. The van der Waals surface area contributed by atoms with Gasteiger partial charge in [-0.15, -0.1) is 0 Å². The molecule has 1 heterocycles. The standard InChI is InChI=1S/C20H19ClN2O3/c1-3-23-19(24)17(13-8-10-14(21)11-9-13)18(20(23)25)22-15-6-5-7-16(12-15)26-4-2/h5-12,22H,3-4H2,1-2H3. The average Bonchev–Trinajstić information content (AvgIpc) is 2.86. The highest BCUT2D eigenvalue weighted by Crippen LogP contribution is 2.31. The molecule has 0 spiro atoms. The van der Waals surface area contributed by atoms with E-state index in [-0.39, 0.29) is 17.5 Å². The molecule has 0 aromatic heterocycles. The largest absolute Gasteiger partial charge is 0.494 e. The summed E-state index contributed by atoms with van der Waals surface area (Å²) in [7, 11) is 0. The van der Waals surface area contributed by atoms with Gasteiger partial charge in [-0.25, -0.2) is 0 Å². The van der Waals surface area contributed by atoms with Gasteiger partial charge in [0.25, 0.3) is 11.8 Å². The Morgan fingerprint density at radius 3 is 2.42 bits per heavy atom. The lowest BCUT2D eigenvalue weighted by molar-refractivity contribution is -0.136. The number of nitrogens with zero attached hydrogens (tertiary/aromatic N) is 1. The maximum absolute atomic E-state index is 12.8. The van der Waals surface area contributed by atoms with Gasteiger partial charge in [0.15, 0.2) is 0 Å². The number of ether oxygens (including phenoxy) is 1. The summed E-state index contributed by atoms with van der Waals surface area (Å²) in [5.74, 6) is 0.0304. The van der Waals surface area contributed by atoms with E-state index in [1.54, 1.807) is 37.3 Å². The fourth-order valence-electron chi connectivity index (χ4n) is 2.84. The van der Waals surface area contributed by atoms with Crippen molar-refractivity contribution >= 4 is 34.7 Å². The minimum Gasteiger partial charge on any atom is -0.494 e. The van der Waals surface area contributed by atoms with Gasteiger partial charge in [-0.3, -0.25) is 14.5 Å². The fourth-order valence-corrected chi connectivity index (χ4v) is 2.96. The number of hydrogen-bond donors (Lipinski definition) is 1. The number of likely N-dealkylation sites (N-methyl/N-ethyl adjacent to an activating group) is 1. The normalized spacial score (nSPS) is 14.2. The number of carbonyl (C=O) groups excluding carboxylic acids is 2. The molecule has 1 aliphatic heterocycles. The van der Waals surface area contributed by atoms with E-state index in [0.29, 0.717) is 40.7 Å². The summed E-state index contributed by atoms with van der Waals surface area (Å²) in [6.07, 6.45) is 0. The van der Waals surface area contributed by atoms with Crippen molar-refractivity contribution in [3.63, 3.8) is 0 Å². The van der Waals surface area contributed by atoms with Crippen molar-refractivity contribution in [1.82, 2.24) is 4.90 Å². The first-order valence-electron chi connectivity index (χ1n) is 8.41. The van der Waals surface area contributed by atoms with E-state index in [1.165, 1.54) is 4.90 Å². The van der Waals surface area contributed by atoms with Crippen LogP contribution < -0.4 is 10.1 Å². The van der Waals surface area contributed by atoms with Gasteiger partial charge < -0.3 is 10.1 Å². The topological polar surface area (TPSA) is 58.6 Å². The lowest BCUT2D eigenvalue weighted by Gasteiger charge is -2.12. The zero-order chi connectivity index (χ0) is 18.7. The third-order valence-corrected chi connectivity index (χ3v) is 4.28. The van der Waals surface area contributed by atoms with Crippen LogP contribution in [0.15, 0.2) is 54.2 Å². The van der Waals surface area contributed by atoms with Gasteiger partial charge in [0.05, 0.1) is 12.2 Å². The lowest BCUT2D eigenvalue weighted by atomic mass is 10.0. The maximum Gasteiger partial charge on any atom is 0.278 e. The molecule has 6 heteroatoms. The van der Waals surface area contributed by atoms with E-state index in [1.807, 2.05) is 25.1 Å². The predicted octanol–water partition coefficient (Wildman–Crippen LogP) is 3.95. The Morgan fingerprint density at radius 2 is 1.77 bits per heavy atom. The number of rotatable bonds is 6. The first kappa shape index (κ1) is 18.0. The first-order chi connectivity index (χ1) is 12.5. The van der Waals surface area contributed by atoms with E-state index in [2.05, 4.69) is 5.32 Å². The predicted molar refractivity (Wildman–Crippen MR) is 102 cm³/mol. The Balaban J connectivity index is 2.03. The number of imide groups is 1. The number of carbonyl (C=O) groups is 2. The van der Waals surface area contributed by atoms with Gasteiger partial charge in [0, 0.05) is 23.3 Å². The van der Waals surface area contributed by atoms with Gasteiger partial charge in [-0.2, -0.15) is 0 Å². The third-order valence-electron chi connectivity index (χ3n) is 4.03. The minimum absolute atomic E-state index is 0.257. The molecule has 0 fully saturated rings. The van der Waals surface area contributed by atoms with Crippen LogP contribution in [0.25, 0.3) is 5.57 Å². The van der Waals surface area contributed by atoms with Gasteiger partial charge in [-0.1, -0.05) is 29.8 Å². The van der Waals surface area contributed by atoms with E-state index in [0.717, 1.165) is 0 Å². The van der Waals surface area contributed by atoms with Crippen molar-refractivity contribution in [3.8, 4) is 5.75 Å². The summed E-state index contributed by atoms with van der Waals surface area (Å²) in [6, 6.07) is 14.1. The first-order valence-corrected chi connectivity index (χ1v) is 8.79. The van der Waals surface area contributed by atoms with E-state index >= 15 is 0 Å². The van der Waals surface area contributed by atoms with Crippen LogP contribution in [-0.4, -0.2) is 29.9 Å². The number of nitrogens with one attached hydrogen (secondary N) is 1. The Labute approximate surface area is 157 Å². The van der Waals surface area contributed by atoms with Crippen LogP contribution >= 0.6 is 11.6 Å². The molecular weight excluding hydrogens is 352 g/mol. The van der Waals surface area contributed by atoms with Crippen LogP contribution in [-0.2, 0) is 9.59 Å². The molecule has 2 amide bonds. The van der Waals surface area contributed by atoms with Gasteiger partial charge >= 0.3 is 0 Å². The summed E-state index contributed by atoms with van der Waals surface area (Å²) in [6.45, 7) is 4.52. The van der Waals surface area contributed by atoms with E-state index in [9.17, 15) is 9.59 Å². The molecule has 0 radical (unpaired) electrons. The molecule has 2 aromatic rings. The van der Waals surface area contributed by atoms with Crippen LogP contribution in [0.1, 0.15) is 19.4 Å². The Kier molecular flexibility index (Phi) is 5.28. The van der Waals surface area contributed by atoms with Crippen molar-refractivity contribution in [2.45, 2.75) is 13.8 Å². The smallest absolute Gasteiger partial charge is 0.278 e. The molecule has 0 atom stereocenters. The summed E-state index contributed by atoms with van der Waals surface area (Å²) < 4.78 is 5.49. The lowest BCUT2D eigenvalue weighted by Crippen LogP contribution is -2.32. The molecule has 0 saturated carbocycles. The molecule has 1 aliphatic rings. The Morgan fingerprint density at radius 1 is 1.04 bits per heavy atom. The highest BCUT2D eigenvalue weighted by Gasteiger charge is 2.38. The van der Waals surface area contributed by atoms with Crippen molar-refractivity contribution in [2.75, 3.05) is 18.5 Å². The van der Waals surface area contributed by atoms with Gasteiger partial charge in [-0.05, 0) is 43.7 Å². The molecular formula is C20H19ClN2O3. The molecule has 0 aliphatic carbocycles. The Bertz CT molecular complexity index is 875. The summed E-state index contributed by atoms with van der Waals surface area (Å²) in [4.78, 5) is 26.7. The Hall–Kier alpha value is -2.79. The van der Waals surface area contributed by atoms with E-state index in [4.69, 9.17) is 16.3 Å². The van der Waals surface area contributed by atoms with Gasteiger partial charge in [0.1, 0.15) is 11.4 Å². The SMILES string of the molecule is CCOc1cccc(NC2=C(c3ccc(Cl)cc3)C(=O)N(CC)C2=O)c1. The highest BCUT2D eigenvalue weighted by molar-refractivity contribution is 6.36. The fraction of sp³-hybridized carbons (Fsp3) is 0.200. The number of anilines is 1. The van der Waals surface area contributed by atoms with Crippen LogP contribution in [0.4, 0.5) is 5.69 Å². The molecule has 3 rings (SSSR count). The molecule has 0 saturated heterocycles. The van der Waals surface area contributed by atoms with Crippen molar-refractivity contribution < 1.29 is 14.3 Å². The second-order valence-electron chi connectivity index (χ2n) is 5.70. The third kappa shape index (κ3) is 3.44. The minimum atomic E-state index is -0.343. The number of benzene rings is 2. The van der Waals surface area contributed by atoms with Gasteiger partial charge in [0.2, 0.25) is 0 Å². The van der Waals surface area contributed by atoms with Crippen molar-refractivity contribution in [1.29, 1.82) is 0 Å². The second kappa shape index (κ2) is 7.62. The zero-order valence-corrected chi connectivity index (χ0v) is 15.3. The monoisotopic (exact) mass is 370 g/mol. The van der Waals surface area contributed by atoms with E-state index < -0.39 is 0 Å². The molecule has 0 unspecified atom stereocenters. The number of amides is 2. The summed E-state index contributed by atoms with van der Waals surface area (Å²) in [5.41, 5.74) is 1.92. The zero-order valence-electron chi connectivity index (χ0n) is 14.6. The van der Waals surface area contributed by atoms with Crippen molar-refractivity contribution in [3.05, 3.63) is 64.8 Å². The summed E-state index contributed by atoms with van der Waals surface area (Å²) >= 11 is 5.94. The molecule has 134 valence electrons. The van der Waals surface area contributed by atoms with Crippen LogP contribution in [0, 0.1) is 0 Å². The highest BCUT2D eigenvalue weighted by atomic mass is 35.5. The molecule has 1 N–H and O–H groups in total. The second-order valence-corrected chi connectivity index (χ2v) is 6.13. The quantitative estimate of drug-likeness (QED) is 0.782. The maximum atomic E-state index is 12.8. The molecule has 0 bridgehead atoms. The number of halogens is 1. The van der Waals surface area contributed by atoms with Crippen LogP contribution in [0.2, 0.25) is 5.02 Å². The molecule has 5 nitrogen and oxygen atoms in total. The van der Waals surface area contributed by atoms with Crippen molar-refractivity contribution in [2.24, 2.45) is 0 Å². The van der Waals surface area contributed by atoms with Crippen LogP contribution in [0.3, 0.4) is 0 Å². The number of hydrogen-bond acceptors (Lipinski definition) is 4. The molecule has 26 heavy (non-hydrogen) atoms.